The fourth-order valence-electron chi connectivity index (χ4n) is 2.52. The van der Waals surface area contributed by atoms with Gasteiger partial charge >= 0.3 is 0 Å². The van der Waals surface area contributed by atoms with E-state index in [9.17, 15) is 0 Å². The van der Waals surface area contributed by atoms with Gasteiger partial charge in [-0.3, -0.25) is 4.98 Å². The quantitative estimate of drug-likeness (QED) is 0.795. The molecular weight excluding hydrogens is 296 g/mol. The maximum Gasteiger partial charge on any atom is 0.231 e. The summed E-state index contributed by atoms with van der Waals surface area (Å²) in [6.45, 7) is 3.99. The highest BCUT2D eigenvalue weighted by Gasteiger charge is 2.15. The topological polar surface area (TPSA) is 82.3 Å². The molecule has 0 unspecified atom stereocenters. The fourth-order valence-corrected chi connectivity index (χ4v) is 2.52. The molecule has 1 aliphatic heterocycles. The molecule has 1 aromatic carbocycles. The van der Waals surface area contributed by atoms with Crippen LogP contribution >= 0.6 is 0 Å². The van der Waals surface area contributed by atoms with Gasteiger partial charge in [0.05, 0.1) is 29.3 Å². The minimum Gasteiger partial charge on any atom is -0.454 e. The Morgan fingerprint density at radius 2 is 1.96 bits per heavy atom. The molecule has 7 nitrogen and oxygen atoms in total. The number of anilines is 2. The number of nitrogens with zero attached hydrogens (tertiary/aromatic N) is 3. The largest absolute Gasteiger partial charge is 0.454 e. The Kier molecular flexibility index (Phi) is 3.11. The summed E-state index contributed by atoms with van der Waals surface area (Å²) < 4.78 is 15.9. The van der Waals surface area contributed by atoms with Crippen LogP contribution in [0.2, 0.25) is 0 Å². The van der Waals surface area contributed by atoms with Crippen molar-refractivity contribution < 1.29 is 14.0 Å². The lowest BCUT2D eigenvalue weighted by Gasteiger charge is -2.07. The van der Waals surface area contributed by atoms with Crippen molar-refractivity contribution in [2.75, 3.05) is 12.1 Å². The molecule has 0 atom stereocenters. The summed E-state index contributed by atoms with van der Waals surface area (Å²) in [5.41, 5.74) is 3.22. The SMILES string of the molecule is Cc1noc(C)c1-c1cncc(Nc2ccc3c(c2)OCO3)n1. The summed E-state index contributed by atoms with van der Waals surface area (Å²) in [4.78, 5) is 8.82. The van der Waals surface area contributed by atoms with Gasteiger partial charge in [0.1, 0.15) is 11.6 Å². The Balaban J connectivity index is 1.64. The number of aromatic nitrogens is 3. The molecule has 0 saturated heterocycles. The lowest BCUT2D eigenvalue weighted by Crippen LogP contribution is -1.97. The van der Waals surface area contributed by atoms with Gasteiger partial charge in [0, 0.05) is 11.8 Å². The molecule has 116 valence electrons. The average Bonchev–Trinajstić information content (AvgIpc) is 3.13. The van der Waals surface area contributed by atoms with E-state index in [1.807, 2.05) is 32.0 Å². The van der Waals surface area contributed by atoms with Crippen LogP contribution in [0.15, 0.2) is 35.1 Å². The minimum atomic E-state index is 0.250. The highest BCUT2D eigenvalue weighted by molar-refractivity contribution is 5.66. The predicted molar refractivity (Wildman–Crippen MR) is 82.9 cm³/mol. The summed E-state index contributed by atoms with van der Waals surface area (Å²) in [5.74, 6) is 2.80. The molecule has 0 spiro atoms. The molecule has 0 radical (unpaired) electrons. The third-order valence-electron chi connectivity index (χ3n) is 3.57. The van der Waals surface area contributed by atoms with E-state index in [2.05, 4.69) is 20.4 Å². The Hall–Kier alpha value is -3.09. The van der Waals surface area contributed by atoms with E-state index >= 15 is 0 Å². The lowest BCUT2D eigenvalue weighted by atomic mass is 10.1. The minimum absolute atomic E-state index is 0.250. The lowest BCUT2D eigenvalue weighted by molar-refractivity contribution is 0.174. The number of fused-ring (bicyclic) bond motifs is 1. The average molecular weight is 310 g/mol. The van der Waals surface area contributed by atoms with Crippen molar-refractivity contribution in [2.45, 2.75) is 13.8 Å². The number of nitrogens with one attached hydrogen (secondary N) is 1. The second kappa shape index (κ2) is 5.28. The molecule has 7 heteroatoms. The van der Waals surface area contributed by atoms with E-state index < -0.39 is 0 Å². The molecule has 3 heterocycles. The zero-order valence-electron chi connectivity index (χ0n) is 12.7. The molecule has 23 heavy (non-hydrogen) atoms. The molecule has 0 aliphatic carbocycles. The second-order valence-electron chi connectivity index (χ2n) is 5.18. The number of ether oxygens (including phenoxy) is 2. The molecule has 2 aromatic heterocycles. The molecule has 0 bridgehead atoms. The van der Waals surface area contributed by atoms with Gasteiger partial charge in [-0.1, -0.05) is 5.16 Å². The normalized spacial score (nSPS) is 12.4. The van der Waals surface area contributed by atoms with Crippen molar-refractivity contribution in [1.82, 2.24) is 15.1 Å². The van der Waals surface area contributed by atoms with E-state index in [1.165, 1.54) is 0 Å². The molecule has 0 fully saturated rings. The van der Waals surface area contributed by atoms with Crippen molar-refractivity contribution in [1.29, 1.82) is 0 Å². The van der Waals surface area contributed by atoms with Crippen LogP contribution in [0, 0.1) is 13.8 Å². The zero-order chi connectivity index (χ0) is 15.8. The van der Waals surface area contributed by atoms with Crippen LogP contribution in [-0.4, -0.2) is 21.9 Å². The van der Waals surface area contributed by atoms with Crippen LogP contribution in [0.1, 0.15) is 11.5 Å². The summed E-state index contributed by atoms with van der Waals surface area (Å²) in [7, 11) is 0. The molecule has 1 N–H and O–H groups in total. The molecule has 0 amide bonds. The highest BCUT2D eigenvalue weighted by atomic mass is 16.7. The zero-order valence-corrected chi connectivity index (χ0v) is 12.7. The van der Waals surface area contributed by atoms with Gasteiger partial charge < -0.3 is 19.3 Å². The van der Waals surface area contributed by atoms with E-state index in [0.717, 1.165) is 28.5 Å². The van der Waals surface area contributed by atoms with Gasteiger partial charge in [-0.2, -0.15) is 0 Å². The Morgan fingerprint density at radius 1 is 1.09 bits per heavy atom. The van der Waals surface area contributed by atoms with Crippen LogP contribution in [-0.2, 0) is 0 Å². The van der Waals surface area contributed by atoms with Crippen LogP contribution in [0.5, 0.6) is 11.5 Å². The summed E-state index contributed by atoms with van der Waals surface area (Å²) in [6.07, 6.45) is 3.35. The van der Waals surface area contributed by atoms with Gasteiger partial charge in [-0.15, -0.1) is 0 Å². The molecular formula is C16H14N4O3. The summed E-state index contributed by atoms with van der Waals surface area (Å²) in [5, 5.41) is 7.17. The Morgan fingerprint density at radius 3 is 2.78 bits per heavy atom. The molecule has 3 aromatic rings. The van der Waals surface area contributed by atoms with Gasteiger partial charge in [0.2, 0.25) is 6.79 Å². The third-order valence-corrected chi connectivity index (χ3v) is 3.57. The standard InChI is InChI=1S/C16H14N4O3/c1-9-16(10(2)23-20-9)12-6-17-7-15(19-12)18-11-3-4-13-14(5-11)22-8-21-13/h3-7H,8H2,1-2H3,(H,18,19). The Bertz CT molecular complexity index is 856. The Labute approximate surface area is 132 Å². The summed E-state index contributed by atoms with van der Waals surface area (Å²) in [6, 6.07) is 5.63. The molecule has 0 saturated carbocycles. The number of aryl methyl sites for hydroxylation is 2. The van der Waals surface area contributed by atoms with Gasteiger partial charge in [0.15, 0.2) is 11.5 Å². The van der Waals surface area contributed by atoms with E-state index in [0.29, 0.717) is 17.3 Å². The second-order valence-corrected chi connectivity index (χ2v) is 5.18. The first-order valence-corrected chi connectivity index (χ1v) is 7.12. The first-order valence-electron chi connectivity index (χ1n) is 7.12. The van der Waals surface area contributed by atoms with Crippen molar-refractivity contribution in [2.24, 2.45) is 0 Å². The van der Waals surface area contributed by atoms with E-state index in [1.54, 1.807) is 12.4 Å². The maximum atomic E-state index is 5.37. The van der Waals surface area contributed by atoms with Crippen LogP contribution in [0.25, 0.3) is 11.3 Å². The number of hydrogen-bond acceptors (Lipinski definition) is 7. The van der Waals surface area contributed by atoms with Crippen LogP contribution in [0.4, 0.5) is 11.5 Å². The maximum absolute atomic E-state index is 5.37. The number of benzene rings is 1. The first kappa shape index (κ1) is 13.6. The van der Waals surface area contributed by atoms with Crippen molar-refractivity contribution in [3.05, 3.63) is 42.0 Å². The van der Waals surface area contributed by atoms with E-state index in [4.69, 9.17) is 14.0 Å². The fraction of sp³-hybridized carbons (Fsp3) is 0.188. The monoisotopic (exact) mass is 310 g/mol. The van der Waals surface area contributed by atoms with Crippen molar-refractivity contribution >= 4 is 11.5 Å². The van der Waals surface area contributed by atoms with Crippen LogP contribution in [0.3, 0.4) is 0 Å². The number of hydrogen-bond donors (Lipinski definition) is 1. The molecule has 1 aliphatic rings. The predicted octanol–water partition coefficient (Wildman–Crippen LogP) is 3.22. The smallest absolute Gasteiger partial charge is 0.231 e. The molecule has 4 rings (SSSR count). The van der Waals surface area contributed by atoms with Crippen molar-refractivity contribution in [3.8, 4) is 22.8 Å². The van der Waals surface area contributed by atoms with E-state index in [-0.39, 0.29) is 6.79 Å². The van der Waals surface area contributed by atoms with Gasteiger partial charge in [-0.25, -0.2) is 4.98 Å². The first-order chi connectivity index (χ1) is 11.2. The third kappa shape index (κ3) is 2.46. The van der Waals surface area contributed by atoms with Gasteiger partial charge in [-0.05, 0) is 26.0 Å². The van der Waals surface area contributed by atoms with Gasteiger partial charge in [0.25, 0.3) is 0 Å². The summed E-state index contributed by atoms with van der Waals surface area (Å²) >= 11 is 0. The number of rotatable bonds is 3. The highest BCUT2D eigenvalue weighted by Crippen LogP contribution is 2.35. The van der Waals surface area contributed by atoms with Crippen molar-refractivity contribution in [3.63, 3.8) is 0 Å². The van der Waals surface area contributed by atoms with Crippen LogP contribution < -0.4 is 14.8 Å².